The molecule has 0 saturated carbocycles. The summed E-state index contributed by atoms with van der Waals surface area (Å²) in [6.45, 7) is 5.83. The van der Waals surface area contributed by atoms with Gasteiger partial charge in [-0.25, -0.2) is 0 Å². The third kappa shape index (κ3) is 6.46. The predicted octanol–water partition coefficient (Wildman–Crippen LogP) is 5.87. The van der Waals surface area contributed by atoms with E-state index in [1.807, 2.05) is 39.0 Å². The summed E-state index contributed by atoms with van der Waals surface area (Å²) in [4.78, 5) is 13.1. The Balaban J connectivity index is 2.03. The Hall–Kier alpha value is -2.07. The first-order valence-electron chi connectivity index (χ1n) is 10.2. The van der Waals surface area contributed by atoms with Gasteiger partial charge in [-0.05, 0) is 0 Å². The van der Waals surface area contributed by atoms with E-state index in [-0.39, 0.29) is 5.97 Å². The first kappa shape index (κ1) is 21.6. The molecule has 3 aromatic carbocycles. The Labute approximate surface area is 179 Å². The SMILES string of the molecule is CC(C)(C)C(=O)[O][Sn]([CH2]c1ccccc1)([CH2]c1ccccc1)[CH2]c1ccccc1. The van der Waals surface area contributed by atoms with Crippen LogP contribution in [0.1, 0.15) is 37.5 Å². The van der Waals surface area contributed by atoms with Gasteiger partial charge in [0.15, 0.2) is 0 Å². The van der Waals surface area contributed by atoms with Crippen LogP contribution < -0.4 is 0 Å². The van der Waals surface area contributed by atoms with Gasteiger partial charge in [0.2, 0.25) is 0 Å². The van der Waals surface area contributed by atoms with Gasteiger partial charge in [0, 0.05) is 0 Å². The van der Waals surface area contributed by atoms with Crippen LogP contribution in [0.15, 0.2) is 91.0 Å². The third-order valence-electron chi connectivity index (χ3n) is 5.03. The maximum atomic E-state index is 13.1. The van der Waals surface area contributed by atoms with Crippen molar-refractivity contribution in [2.75, 3.05) is 0 Å². The molecule has 0 unspecified atom stereocenters. The van der Waals surface area contributed by atoms with Crippen molar-refractivity contribution in [2.24, 2.45) is 5.41 Å². The molecule has 3 heteroatoms. The number of hydrogen-bond donors (Lipinski definition) is 0. The van der Waals surface area contributed by atoms with Gasteiger partial charge in [0.1, 0.15) is 0 Å². The quantitative estimate of drug-likeness (QED) is 0.385. The van der Waals surface area contributed by atoms with Crippen LogP contribution in [-0.2, 0) is 21.2 Å². The zero-order valence-electron chi connectivity index (χ0n) is 17.6. The van der Waals surface area contributed by atoms with E-state index in [0.29, 0.717) is 0 Å². The molecule has 0 aromatic heterocycles. The predicted molar refractivity (Wildman–Crippen MR) is 122 cm³/mol. The summed E-state index contributed by atoms with van der Waals surface area (Å²) < 4.78 is 9.21. The summed E-state index contributed by atoms with van der Waals surface area (Å²) in [5, 5.41) is 0. The van der Waals surface area contributed by atoms with Crippen LogP contribution in [0.3, 0.4) is 0 Å². The Bertz CT molecular complexity index is 798. The minimum absolute atomic E-state index is 0.0731. The van der Waals surface area contributed by atoms with E-state index < -0.39 is 24.2 Å². The summed E-state index contributed by atoms with van der Waals surface area (Å²) in [5.41, 5.74) is 3.28. The second-order valence-electron chi connectivity index (χ2n) is 8.81. The molecule has 0 amide bonds. The summed E-state index contributed by atoms with van der Waals surface area (Å²) in [6.07, 6.45) is 0. The maximum absolute atomic E-state index is 13.1. The molecule has 0 spiro atoms. The Kier molecular flexibility index (Phi) is 7.18. The molecule has 0 N–H and O–H groups in total. The number of benzene rings is 3. The molecule has 0 radical (unpaired) electrons. The first-order valence-corrected chi connectivity index (χ1v) is 17.4. The van der Waals surface area contributed by atoms with Crippen molar-refractivity contribution in [1.82, 2.24) is 0 Å². The first-order chi connectivity index (χ1) is 13.9. The molecular weight excluding hydrogens is 463 g/mol. The number of hydrogen-bond acceptors (Lipinski definition) is 2. The van der Waals surface area contributed by atoms with E-state index in [0.717, 1.165) is 13.3 Å². The van der Waals surface area contributed by atoms with Crippen LogP contribution in [0.25, 0.3) is 0 Å². The molecule has 3 aromatic rings. The fourth-order valence-electron chi connectivity index (χ4n) is 3.55. The van der Waals surface area contributed by atoms with Crippen LogP contribution in [0.5, 0.6) is 0 Å². The summed E-state index contributed by atoms with van der Waals surface area (Å²) in [5.74, 6) is -0.0731. The van der Waals surface area contributed by atoms with Gasteiger partial charge in [0.25, 0.3) is 0 Å². The van der Waals surface area contributed by atoms with Crippen molar-refractivity contribution in [3.63, 3.8) is 0 Å². The van der Waals surface area contributed by atoms with Crippen molar-refractivity contribution in [3.8, 4) is 0 Å². The van der Waals surface area contributed by atoms with Gasteiger partial charge in [-0.2, -0.15) is 0 Å². The molecule has 0 fully saturated rings. The van der Waals surface area contributed by atoms with Crippen LogP contribution in [0.2, 0.25) is 0 Å². The Morgan fingerprint density at radius 1 is 0.655 bits per heavy atom. The molecule has 150 valence electrons. The molecule has 0 saturated heterocycles. The Morgan fingerprint density at radius 3 is 1.24 bits per heavy atom. The van der Waals surface area contributed by atoms with Crippen molar-refractivity contribution < 1.29 is 7.87 Å². The normalized spacial score (nSPS) is 11.8. The van der Waals surface area contributed by atoms with Gasteiger partial charge in [-0.1, -0.05) is 0 Å². The van der Waals surface area contributed by atoms with Crippen molar-refractivity contribution in [2.45, 2.75) is 34.1 Å². The van der Waals surface area contributed by atoms with Crippen LogP contribution >= 0.6 is 0 Å². The Morgan fingerprint density at radius 2 is 0.966 bits per heavy atom. The average molecular weight is 493 g/mol. The minimum atomic E-state index is -3.50. The summed E-state index contributed by atoms with van der Waals surface area (Å²) in [6, 6.07) is 31.5. The fourth-order valence-corrected chi connectivity index (χ4v) is 15.6. The number of rotatable bonds is 7. The van der Waals surface area contributed by atoms with Crippen molar-refractivity contribution in [1.29, 1.82) is 0 Å². The fraction of sp³-hybridized carbons (Fsp3) is 0.269. The van der Waals surface area contributed by atoms with Crippen molar-refractivity contribution >= 4 is 24.8 Å². The summed E-state index contributed by atoms with van der Waals surface area (Å²) >= 11 is -3.50. The van der Waals surface area contributed by atoms with E-state index in [9.17, 15) is 4.79 Å². The van der Waals surface area contributed by atoms with Crippen LogP contribution in [0.4, 0.5) is 0 Å². The zero-order valence-corrected chi connectivity index (χ0v) is 20.5. The van der Waals surface area contributed by atoms with Gasteiger partial charge >= 0.3 is 180 Å². The monoisotopic (exact) mass is 494 g/mol. The molecule has 2 nitrogen and oxygen atoms in total. The van der Waals surface area contributed by atoms with Gasteiger partial charge in [-0.3, -0.25) is 0 Å². The van der Waals surface area contributed by atoms with Gasteiger partial charge < -0.3 is 0 Å². The molecule has 0 aliphatic carbocycles. The molecule has 3 rings (SSSR count). The molecular formula is C26H30O2Sn. The second kappa shape index (κ2) is 9.62. The molecule has 0 aliphatic rings. The zero-order chi connectivity index (χ0) is 20.7. The second-order valence-corrected chi connectivity index (χ2v) is 19.2. The van der Waals surface area contributed by atoms with Crippen molar-refractivity contribution in [3.05, 3.63) is 108 Å². The molecule has 0 atom stereocenters. The topological polar surface area (TPSA) is 26.3 Å². The molecule has 29 heavy (non-hydrogen) atoms. The average Bonchev–Trinajstić information content (AvgIpc) is 2.69. The molecule has 0 bridgehead atoms. The van der Waals surface area contributed by atoms with Crippen LogP contribution in [0, 0.1) is 5.41 Å². The van der Waals surface area contributed by atoms with Gasteiger partial charge in [-0.15, -0.1) is 0 Å². The van der Waals surface area contributed by atoms with E-state index in [1.54, 1.807) is 0 Å². The van der Waals surface area contributed by atoms with E-state index in [2.05, 4.69) is 72.8 Å². The van der Waals surface area contributed by atoms with E-state index in [1.165, 1.54) is 16.7 Å². The summed E-state index contributed by atoms with van der Waals surface area (Å²) in [7, 11) is 0. The number of carbonyl (C=O) groups excluding carboxylic acids is 1. The number of carbonyl (C=O) groups is 1. The van der Waals surface area contributed by atoms with Crippen LogP contribution in [-0.4, -0.2) is 24.8 Å². The van der Waals surface area contributed by atoms with Gasteiger partial charge in [0.05, 0.1) is 0 Å². The standard InChI is InChI=1S/3C7H7.C5H10O2.Sn/c3*1-7-5-3-2-4-6-7;1-5(2,3)4(6)7;/h3*2-6H,1H2;1-3H3,(H,6,7);/q;;;;+1/p-1. The molecule has 0 aliphatic heterocycles. The molecule has 0 heterocycles. The van der Waals surface area contributed by atoms with E-state index >= 15 is 0 Å². The van der Waals surface area contributed by atoms with E-state index in [4.69, 9.17) is 3.07 Å². The third-order valence-corrected chi connectivity index (χ3v) is 15.8.